The molecule has 27 heavy (non-hydrogen) atoms. The lowest BCUT2D eigenvalue weighted by molar-refractivity contribution is -0.123. The number of aryl methyl sites for hydroxylation is 1. The Balaban J connectivity index is 1.73. The molecule has 0 aliphatic heterocycles. The molecule has 0 fully saturated rings. The molecule has 0 radical (unpaired) electrons. The Morgan fingerprint density at radius 1 is 1.19 bits per heavy atom. The van der Waals surface area contributed by atoms with Crippen molar-refractivity contribution in [2.24, 2.45) is 0 Å². The van der Waals surface area contributed by atoms with Gasteiger partial charge in [0.1, 0.15) is 17.1 Å². The highest BCUT2D eigenvalue weighted by atomic mass is 19.1. The molecule has 7 heteroatoms. The van der Waals surface area contributed by atoms with Crippen LogP contribution in [0.2, 0.25) is 0 Å². The van der Waals surface area contributed by atoms with E-state index < -0.39 is 23.8 Å². The third kappa shape index (κ3) is 3.92. The average molecular weight is 371 g/mol. The number of carbonyl (C=O) groups excluding carboxylic acids is 2. The molecular weight excluding hydrogens is 353 g/mol. The number of hydrogen-bond donors (Lipinski definition) is 1. The van der Waals surface area contributed by atoms with E-state index in [0.717, 1.165) is 5.39 Å². The summed E-state index contributed by atoms with van der Waals surface area (Å²) in [5.74, 6) is -1.17. The van der Waals surface area contributed by atoms with Gasteiger partial charge in [-0.2, -0.15) is 0 Å². The van der Waals surface area contributed by atoms with Gasteiger partial charge in [-0.15, -0.1) is 0 Å². The number of benzene rings is 2. The number of hydrogen-bond acceptors (Lipinski definition) is 5. The minimum Gasteiger partial charge on any atom is -0.497 e. The summed E-state index contributed by atoms with van der Waals surface area (Å²) in [5.41, 5.74) is 1.37. The molecule has 0 bridgehead atoms. The summed E-state index contributed by atoms with van der Waals surface area (Å²) in [5, 5.41) is 3.21. The van der Waals surface area contributed by atoms with Gasteiger partial charge in [-0.3, -0.25) is 4.79 Å². The molecule has 1 aromatic heterocycles. The van der Waals surface area contributed by atoms with E-state index in [1.54, 1.807) is 32.2 Å². The Morgan fingerprint density at radius 3 is 2.67 bits per heavy atom. The Kier molecular flexibility index (Phi) is 5.12. The molecule has 1 heterocycles. The predicted octanol–water partition coefficient (Wildman–Crippen LogP) is 4.07. The minimum absolute atomic E-state index is 0.0173. The normalized spacial score (nSPS) is 11.9. The van der Waals surface area contributed by atoms with Crippen LogP contribution in [0.3, 0.4) is 0 Å². The molecule has 1 atom stereocenters. The number of carbonyl (C=O) groups is 2. The Labute approximate surface area is 154 Å². The van der Waals surface area contributed by atoms with Gasteiger partial charge in [-0.05, 0) is 50.2 Å². The van der Waals surface area contributed by atoms with Crippen molar-refractivity contribution in [2.45, 2.75) is 20.0 Å². The number of halogens is 1. The molecule has 1 N–H and O–H groups in total. The van der Waals surface area contributed by atoms with Gasteiger partial charge in [0.15, 0.2) is 6.10 Å². The molecular formula is C20H18FNO5. The molecule has 0 saturated heterocycles. The van der Waals surface area contributed by atoms with Gasteiger partial charge in [-0.25, -0.2) is 9.18 Å². The lowest BCUT2D eigenvalue weighted by Crippen LogP contribution is -2.30. The van der Waals surface area contributed by atoms with Crippen molar-refractivity contribution in [3.63, 3.8) is 0 Å². The molecule has 3 rings (SSSR count). The fourth-order valence-electron chi connectivity index (χ4n) is 2.60. The molecule has 0 aliphatic rings. The predicted molar refractivity (Wildman–Crippen MR) is 97.4 cm³/mol. The second-order valence-corrected chi connectivity index (χ2v) is 5.97. The largest absolute Gasteiger partial charge is 0.497 e. The monoisotopic (exact) mass is 371 g/mol. The summed E-state index contributed by atoms with van der Waals surface area (Å²) in [4.78, 5) is 24.6. The summed E-state index contributed by atoms with van der Waals surface area (Å²) in [6.07, 6.45) is -1.09. The van der Waals surface area contributed by atoms with Crippen LogP contribution in [0, 0.1) is 12.7 Å². The zero-order valence-electron chi connectivity index (χ0n) is 15.0. The third-order valence-electron chi connectivity index (χ3n) is 4.07. The minimum atomic E-state index is -1.09. The van der Waals surface area contributed by atoms with Crippen molar-refractivity contribution in [1.82, 2.24) is 0 Å². The van der Waals surface area contributed by atoms with E-state index in [9.17, 15) is 14.0 Å². The first-order valence-electron chi connectivity index (χ1n) is 8.23. The van der Waals surface area contributed by atoms with Crippen LogP contribution in [0.1, 0.15) is 23.0 Å². The molecule has 0 saturated carbocycles. The smallest absolute Gasteiger partial charge is 0.375 e. The average Bonchev–Trinajstić information content (AvgIpc) is 2.98. The number of furan rings is 1. The Morgan fingerprint density at radius 2 is 1.96 bits per heavy atom. The summed E-state index contributed by atoms with van der Waals surface area (Å²) >= 11 is 0. The molecule has 6 nitrogen and oxygen atoms in total. The topological polar surface area (TPSA) is 77.8 Å². The summed E-state index contributed by atoms with van der Waals surface area (Å²) < 4.78 is 29.1. The summed E-state index contributed by atoms with van der Waals surface area (Å²) in [6, 6.07) is 10.6. The second-order valence-electron chi connectivity index (χ2n) is 5.97. The highest BCUT2D eigenvalue weighted by molar-refractivity contribution is 5.99. The fourth-order valence-corrected chi connectivity index (χ4v) is 2.60. The van der Waals surface area contributed by atoms with E-state index >= 15 is 0 Å². The highest BCUT2D eigenvalue weighted by Crippen LogP contribution is 2.29. The quantitative estimate of drug-likeness (QED) is 0.684. The molecule has 2 aromatic carbocycles. The van der Waals surface area contributed by atoms with Crippen LogP contribution in [-0.2, 0) is 9.53 Å². The number of fused-ring (bicyclic) bond motifs is 1. The first-order chi connectivity index (χ1) is 12.9. The van der Waals surface area contributed by atoms with E-state index in [1.165, 1.54) is 31.2 Å². The number of amides is 1. The van der Waals surface area contributed by atoms with Crippen LogP contribution in [-0.4, -0.2) is 25.1 Å². The maximum absolute atomic E-state index is 13.2. The SMILES string of the molecule is COc1ccc2oc(C(=O)O[C@H](C)C(=O)Nc3cccc(F)c3)c(C)c2c1. The van der Waals surface area contributed by atoms with Gasteiger partial charge < -0.3 is 19.2 Å². The van der Waals surface area contributed by atoms with Crippen molar-refractivity contribution < 1.29 is 27.9 Å². The van der Waals surface area contributed by atoms with E-state index in [0.29, 0.717) is 16.9 Å². The molecule has 0 aliphatic carbocycles. The van der Waals surface area contributed by atoms with Crippen molar-refractivity contribution in [3.05, 3.63) is 59.6 Å². The first kappa shape index (κ1) is 18.4. The van der Waals surface area contributed by atoms with Crippen LogP contribution in [0.5, 0.6) is 5.75 Å². The highest BCUT2D eigenvalue weighted by Gasteiger charge is 2.24. The lowest BCUT2D eigenvalue weighted by Gasteiger charge is -2.13. The van der Waals surface area contributed by atoms with E-state index in [1.807, 2.05) is 0 Å². The Hall–Kier alpha value is -3.35. The third-order valence-corrected chi connectivity index (χ3v) is 4.07. The molecule has 0 spiro atoms. The molecule has 140 valence electrons. The summed E-state index contributed by atoms with van der Waals surface area (Å²) in [6.45, 7) is 3.15. The first-order valence-corrected chi connectivity index (χ1v) is 8.23. The van der Waals surface area contributed by atoms with Crippen molar-refractivity contribution in [3.8, 4) is 5.75 Å². The van der Waals surface area contributed by atoms with E-state index in [-0.39, 0.29) is 11.4 Å². The van der Waals surface area contributed by atoms with Crippen molar-refractivity contribution in [2.75, 3.05) is 12.4 Å². The van der Waals surface area contributed by atoms with Gasteiger partial charge in [0.25, 0.3) is 5.91 Å². The number of methoxy groups -OCH3 is 1. The molecule has 3 aromatic rings. The number of anilines is 1. The van der Waals surface area contributed by atoms with Crippen molar-refractivity contribution >= 4 is 28.5 Å². The number of rotatable bonds is 5. The Bertz CT molecular complexity index is 1010. The molecule has 0 unspecified atom stereocenters. The van der Waals surface area contributed by atoms with Gasteiger partial charge in [0.2, 0.25) is 5.76 Å². The van der Waals surface area contributed by atoms with E-state index in [2.05, 4.69) is 5.32 Å². The van der Waals surface area contributed by atoms with Crippen molar-refractivity contribution in [1.29, 1.82) is 0 Å². The fraction of sp³-hybridized carbons (Fsp3) is 0.200. The second kappa shape index (κ2) is 7.49. The van der Waals surface area contributed by atoms with Crippen LogP contribution < -0.4 is 10.1 Å². The van der Waals surface area contributed by atoms with E-state index in [4.69, 9.17) is 13.9 Å². The van der Waals surface area contributed by atoms with Crippen LogP contribution in [0.4, 0.5) is 10.1 Å². The van der Waals surface area contributed by atoms with Crippen LogP contribution >= 0.6 is 0 Å². The summed E-state index contributed by atoms with van der Waals surface area (Å²) in [7, 11) is 1.55. The zero-order valence-corrected chi connectivity index (χ0v) is 15.0. The zero-order chi connectivity index (χ0) is 19.6. The van der Waals surface area contributed by atoms with Gasteiger partial charge in [0, 0.05) is 16.6 Å². The standard InChI is InChI=1S/C20H18FNO5/c1-11-16-10-15(25-3)7-8-17(16)27-18(11)20(24)26-12(2)19(23)22-14-6-4-5-13(21)9-14/h4-10,12H,1-3H3,(H,22,23)/t12-/m1/s1. The number of ether oxygens (including phenoxy) is 2. The number of nitrogens with one attached hydrogen (secondary N) is 1. The maximum Gasteiger partial charge on any atom is 0.375 e. The number of esters is 1. The maximum atomic E-state index is 13.2. The van der Waals surface area contributed by atoms with Gasteiger partial charge in [0.05, 0.1) is 7.11 Å². The van der Waals surface area contributed by atoms with Crippen LogP contribution in [0.25, 0.3) is 11.0 Å². The van der Waals surface area contributed by atoms with Gasteiger partial charge in [-0.1, -0.05) is 6.07 Å². The van der Waals surface area contributed by atoms with Gasteiger partial charge >= 0.3 is 5.97 Å². The van der Waals surface area contributed by atoms with Crippen LogP contribution in [0.15, 0.2) is 46.9 Å². The molecule has 1 amide bonds. The lowest BCUT2D eigenvalue weighted by atomic mass is 10.1.